The number of allylic oxidation sites excluding steroid dienone is 2. The van der Waals surface area contributed by atoms with Crippen LogP contribution in [0.5, 0.6) is 0 Å². The van der Waals surface area contributed by atoms with Crippen LogP contribution in [0.2, 0.25) is 0 Å². The van der Waals surface area contributed by atoms with E-state index in [9.17, 15) is 9.13 Å². The van der Waals surface area contributed by atoms with Crippen molar-refractivity contribution >= 4 is 14.7 Å². The van der Waals surface area contributed by atoms with Crippen LogP contribution in [0.1, 0.15) is 25.7 Å². The molecule has 2 atom stereocenters. The van der Waals surface area contributed by atoms with Gasteiger partial charge in [0.15, 0.2) is 14.7 Å². The first-order valence-corrected chi connectivity index (χ1v) is 10.5. The van der Waals surface area contributed by atoms with Gasteiger partial charge in [0.05, 0.1) is 0 Å². The van der Waals surface area contributed by atoms with Gasteiger partial charge in [0.2, 0.25) is 0 Å². The molecule has 0 aliphatic carbocycles. The van der Waals surface area contributed by atoms with Gasteiger partial charge in [-0.2, -0.15) is 0 Å². The first kappa shape index (κ1) is 20.2. The Morgan fingerprint density at radius 1 is 0.889 bits per heavy atom. The van der Waals surface area contributed by atoms with Crippen molar-refractivity contribution in [1.82, 2.24) is 0 Å². The van der Waals surface area contributed by atoms with E-state index in [1.165, 1.54) is 13.3 Å². The van der Waals surface area contributed by atoms with Gasteiger partial charge >= 0.3 is 0 Å². The van der Waals surface area contributed by atoms with Crippen molar-refractivity contribution in [2.24, 2.45) is 0 Å². The molecule has 0 aliphatic rings. The highest BCUT2D eigenvalue weighted by Crippen LogP contribution is 2.36. The lowest BCUT2D eigenvalue weighted by molar-refractivity contribution is 0.481. The van der Waals surface area contributed by atoms with E-state index >= 15 is 0 Å². The Bertz CT molecular complexity index is 314. The Labute approximate surface area is 111 Å². The minimum absolute atomic E-state index is 0.358. The predicted molar refractivity (Wildman–Crippen MR) is 80.1 cm³/mol. The monoisotopic (exact) mass is 296 g/mol. The van der Waals surface area contributed by atoms with Crippen molar-refractivity contribution in [1.29, 1.82) is 0 Å². The van der Waals surface area contributed by atoms with Crippen LogP contribution in [0, 0.1) is 0 Å². The Kier molecular flexibility index (Phi) is 12.1. The fourth-order valence-electron chi connectivity index (χ4n) is 1.02. The molecule has 0 saturated carbocycles. The second-order valence-corrected chi connectivity index (χ2v) is 9.51. The summed E-state index contributed by atoms with van der Waals surface area (Å²) >= 11 is 0. The summed E-state index contributed by atoms with van der Waals surface area (Å²) in [4.78, 5) is 17.5. The molecular weight excluding hydrogens is 270 g/mol. The van der Waals surface area contributed by atoms with Crippen molar-refractivity contribution in [3.63, 3.8) is 0 Å². The normalized spacial score (nSPS) is 16.7. The Morgan fingerprint density at radius 2 is 1.33 bits per heavy atom. The number of hydrogen-bond donors (Lipinski definition) is 2. The molecule has 4 nitrogen and oxygen atoms in total. The molecule has 0 heterocycles. The van der Waals surface area contributed by atoms with Crippen LogP contribution in [0.4, 0.5) is 0 Å². The Balaban J connectivity index is 0. The predicted octanol–water partition coefficient (Wildman–Crippen LogP) is 3.71. The maximum atomic E-state index is 10.7. The molecule has 0 saturated heterocycles. The van der Waals surface area contributed by atoms with Gasteiger partial charge in [-0.15, -0.1) is 13.2 Å². The SMILES string of the molecule is C=CCCCCP(C)(=O)O.C=CCCP(C)(=O)O. The van der Waals surface area contributed by atoms with E-state index in [1.807, 2.05) is 6.08 Å². The number of rotatable bonds is 8. The van der Waals surface area contributed by atoms with E-state index in [0.29, 0.717) is 18.7 Å². The number of unbranched alkanes of at least 4 members (excludes halogenated alkanes) is 2. The molecule has 0 rings (SSSR count). The highest BCUT2D eigenvalue weighted by atomic mass is 31.2. The molecule has 0 aliphatic heterocycles. The van der Waals surface area contributed by atoms with E-state index < -0.39 is 14.7 Å². The van der Waals surface area contributed by atoms with Crippen molar-refractivity contribution in [2.45, 2.75) is 25.7 Å². The third-order valence-corrected chi connectivity index (χ3v) is 4.21. The topological polar surface area (TPSA) is 74.6 Å². The molecular formula is C12H26O4P2. The van der Waals surface area contributed by atoms with Crippen molar-refractivity contribution in [3.8, 4) is 0 Å². The minimum atomic E-state index is -2.75. The van der Waals surface area contributed by atoms with Crippen LogP contribution >= 0.6 is 14.7 Å². The molecule has 6 heteroatoms. The molecule has 0 amide bonds. The molecule has 0 fully saturated rings. The quantitative estimate of drug-likeness (QED) is 0.407. The molecule has 2 unspecified atom stereocenters. The zero-order chi connectivity index (χ0) is 14.7. The van der Waals surface area contributed by atoms with Crippen LogP contribution in [0.3, 0.4) is 0 Å². The smallest absolute Gasteiger partial charge is 0.197 e. The Morgan fingerprint density at radius 3 is 1.61 bits per heavy atom. The first-order valence-electron chi connectivity index (χ1n) is 5.93. The van der Waals surface area contributed by atoms with Crippen LogP contribution in [-0.2, 0) is 9.13 Å². The van der Waals surface area contributed by atoms with E-state index in [1.54, 1.807) is 6.08 Å². The third-order valence-electron chi connectivity index (χ3n) is 1.98. The molecule has 0 aromatic heterocycles. The van der Waals surface area contributed by atoms with Crippen LogP contribution in [0.25, 0.3) is 0 Å². The minimum Gasteiger partial charge on any atom is -0.344 e. The maximum absolute atomic E-state index is 10.7. The highest BCUT2D eigenvalue weighted by Gasteiger charge is 2.07. The van der Waals surface area contributed by atoms with Crippen molar-refractivity contribution in [3.05, 3.63) is 25.3 Å². The molecule has 108 valence electrons. The van der Waals surface area contributed by atoms with E-state index in [4.69, 9.17) is 9.79 Å². The summed E-state index contributed by atoms with van der Waals surface area (Å²) < 4.78 is 21.2. The Hall–Kier alpha value is -0.140. The second kappa shape index (κ2) is 10.8. The summed E-state index contributed by atoms with van der Waals surface area (Å²) in [6, 6.07) is 0. The summed E-state index contributed by atoms with van der Waals surface area (Å²) in [6.07, 6.45) is 7.66. The fourth-order valence-corrected chi connectivity index (χ4v) is 2.50. The van der Waals surface area contributed by atoms with Gasteiger partial charge in [0.25, 0.3) is 0 Å². The van der Waals surface area contributed by atoms with Gasteiger partial charge in [-0.1, -0.05) is 12.2 Å². The molecule has 2 N–H and O–H groups in total. The van der Waals surface area contributed by atoms with E-state index in [-0.39, 0.29) is 0 Å². The average Bonchev–Trinajstić information content (AvgIpc) is 2.20. The molecule has 0 aromatic carbocycles. The second-order valence-electron chi connectivity index (χ2n) is 4.41. The lowest BCUT2D eigenvalue weighted by Crippen LogP contribution is -1.86. The summed E-state index contributed by atoms with van der Waals surface area (Å²) in [5.41, 5.74) is 0. The lowest BCUT2D eigenvalue weighted by Gasteiger charge is -2.02. The summed E-state index contributed by atoms with van der Waals surface area (Å²) in [7, 11) is -5.49. The van der Waals surface area contributed by atoms with Crippen LogP contribution in [-0.4, -0.2) is 35.4 Å². The molecule has 0 bridgehead atoms. The summed E-state index contributed by atoms with van der Waals surface area (Å²) in [5, 5.41) is 0. The van der Waals surface area contributed by atoms with Gasteiger partial charge in [0, 0.05) is 25.7 Å². The lowest BCUT2D eigenvalue weighted by atomic mass is 10.2. The third kappa shape index (κ3) is 24.9. The van der Waals surface area contributed by atoms with E-state index in [0.717, 1.165) is 19.3 Å². The highest BCUT2D eigenvalue weighted by molar-refractivity contribution is 7.57. The molecule has 18 heavy (non-hydrogen) atoms. The fraction of sp³-hybridized carbons (Fsp3) is 0.667. The zero-order valence-electron chi connectivity index (χ0n) is 11.4. The zero-order valence-corrected chi connectivity index (χ0v) is 13.2. The van der Waals surface area contributed by atoms with E-state index in [2.05, 4.69) is 13.2 Å². The summed E-state index contributed by atoms with van der Waals surface area (Å²) in [6.45, 7) is 9.76. The average molecular weight is 296 g/mol. The first-order chi connectivity index (χ1) is 8.12. The summed E-state index contributed by atoms with van der Waals surface area (Å²) in [5.74, 6) is 0. The van der Waals surface area contributed by atoms with Crippen LogP contribution in [0.15, 0.2) is 25.3 Å². The maximum Gasteiger partial charge on any atom is 0.197 e. The van der Waals surface area contributed by atoms with Gasteiger partial charge in [-0.3, -0.25) is 9.13 Å². The standard InChI is InChI=1S/C7H15O2P.C5H11O2P/c1-3-4-5-6-7-10(2,8)9;1-3-4-5-8(2,6)7/h3H,1,4-7H2,2H3,(H,8,9);3H,1,4-5H2,2H3,(H,6,7). The van der Waals surface area contributed by atoms with Gasteiger partial charge < -0.3 is 9.79 Å². The molecule has 0 aromatic rings. The largest absolute Gasteiger partial charge is 0.344 e. The number of hydrogen-bond acceptors (Lipinski definition) is 2. The van der Waals surface area contributed by atoms with Gasteiger partial charge in [-0.05, 0) is 25.7 Å². The van der Waals surface area contributed by atoms with Crippen LogP contribution < -0.4 is 0 Å². The van der Waals surface area contributed by atoms with Crippen molar-refractivity contribution < 1.29 is 18.9 Å². The molecule has 0 radical (unpaired) electrons. The van der Waals surface area contributed by atoms with Gasteiger partial charge in [-0.25, -0.2) is 0 Å². The van der Waals surface area contributed by atoms with Crippen molar-refractivity contribution in [2.75, 3.05) is 25.7 Å². The van der Waals surface area contributed by atoms with Gasteiger partial charge in [0.1, 0.15) is 0 Å². The molecule has 0 spiro atoms.